The smallest absolute Gasteiger partial charge is 0.335 e. The van der Waals surface area contributed by atoms with Crippen LogP contribution in [-0.4, -0.2) is 35.6 Å². The van der Waals surface area contributed by atoms with Crippen LogP contribution in [0, 0.1) is 6.92 Å². The lowest BCUT2D eigenvalue weighted by atomic mass is 10.1. The fourth-order valence-corrected chi connectivity index (χ4v) is 4.30. The Morgan fingerprint density at radius 3 is 2.23 bits per heavy atom. The van der Waals surface area contributed by atoms with Crippen molar-refractivity contribution in [2.45, 2.75) is 11.8 Å². The van der Waals surface area contributed by atoms with Crippen LogP contribution < -0.4 is 4.72 Å². The summed E-state index contributed by atoms with van der Waals surface area (Å²) in [6, 6.07) is 7.51. The zero-order valence-electron chi connectivity index (χ0n) is 13.3. The summed E-state index contributed by atoms with van der Waals surface area (Å²) in [6.45, 7) is 1.83. The van der Waals surface area contributed by atoms with Crippen molar-refractivity contribution in [1.29, 1.82) is 0 Å². The average Bonchev–Trinajstić information content (AvgIpc) is 2.93. The maximum absolute atomic E-state index is 12.6. The zero-order valence-corrected chi connectivity index (χ0v) is 14.9. The molecule has 0 radical (unpaired) electrons. The highest BCUT2D eigenvalue weighted by molar-refractivity contribution is 7.92. The Labute approximate surface area is 151 Å². The Balaban J connectivity index is 2.03. The van der Waals surface area contributed by atoms with Gasteiger partial charge in [-0.3, -0.25) is 4.72 Å². The third kappa shape index (κ3) is 3.51. The SMILES string of the molecule is Cc1nc2ccc(NS(=O)(=O)c3cc(C(=O)O)cc(C(=O)O)c3)cc2s1. The second-order valence-corrected chi connectivity index (χ2v) is 8.29. The van der Waals surface area contributed by atoms with Crippen LogP contribution in [0.2, 0.25) is 0 Å². The van der Waals surface area contributed by atoms with E-state index in [4.69, 9.17) is 10.2 Å². The van der Waals surface area contributed by atoms with Gasteiger partial charge < -0.3 is 10.2 Å². The Hall–Kier alpha value is -2.98. The van der Waals surface area contributed by atoms with E-state index < -0.39 is 38.0 Å². The predicted molar refractivity (Wildman–Crippen MR) is 95.5 cm³/mol. The lowest BCUT2D eigenvalue weighted by Gasteiger charge is -2.10. The third-order valence-corrected chi connectivity index (χ3v) is 5.75. The monoisotopic (exact) mass is 392 g/mol. The van der Waals surface area contributed by atoms with Crippen LogP contribution in [0.3, 0.4) is 0 Å². The van der Waals surface area contributed by atoms with E-state index in [1.807, 2.05) is 6.92 Å². The quantitative estimate of drug-likeness (QED) is 0.608. The molecular formula is C16H12N2O6S2. The van der Waals surface area contributed by atoms with Gasteiger partial charge in [0.25, 0.3) is 10.0 Å². The van der Waals surface area contributed by atoms with Crippen molar-refractivity contribution in [3.8, 4) is 0 Å². The predicted octanol–water partition coefficient (Wildman–Crippen LogP) is 2.80. The molecule has 3 N–H and O–H groups in total. The van der Waals surface area contributed by atoms with Gasteiger partial charge in [0.15, 0.2) is 0 Å². The van der Waals surface area contributed by atoms with Gasteiger partial charge in [0.2, 0.25) is 0 Å². The number of carboxylic acids is 2. The molecule has 2 aromatic carbocycles. The van der Waals surface area contributed by atoms with Crippen molar-refractivity contribution in [3.05, 3.63) is 52.5 Å². The van der Waals surface area contributed by atoms with Crippen LogP contribution in [0.4, 0.5) is 5.69 Å². The molecular weight excluding hydrogens is 380 g/mol. The number of hydrogen-bond acceptors (Lipinski definition) is 6. The van der Waals surface area contributed by atoms with Crippen LogP contribution in [0.1, 0.15) is 25.7 Å². The molecule has 0 aliphatic rings. The number of nitrogens with one attached hydrogen (secondary N) is 1. The highest BCUT2D eigenvalue weighted by atomic mass is 32.2. The van der Waals surface area contributed by atoms with E-state index >= 15 is 0 Å². The van der Waals surface area contributed by atoms with Crippen molar-refractivity contribution in [1.82, 2.24) is 4.98 Å². The van der Waals surface area contributed by atoms with Gasteiger partial charge in [0, 0.05) is 0 Å². The lowest BCUT2D eigenvalue weighted by molar-refractivity contribution is 0.0696. The molecule has 3 aromatic rings. The van der Waals surface area contributed by atoms with Gasteiger partial charge in [-0.2, -0.15) is 0 Å². The van der Waals surface area contributed by atoms with Crippen molar-refractivity contribution in [2.75, 3.05) is 4.72 Å². The summed E-state index contributed by atoms with van der Waals surface area (Å²) < 4.78 is 28.3. The van der Waals surface area contributed by atoms with Gasteiger partial charge >= 0.3 is 11.9 Å². The standard InChI is InChI=1S/C16H12N2O6S2/c1-8-17-13-3-2-11(7-14(13)25-8)18-26(23,24)12-5-9(15(19)20)4-10(6-12)16(21)22/h2-7,18H,1H3,(H,19,20)(H,21,22). The van der Waals surface area contributed by atoms with Crippen LogP contribution in [0.5, 0.6) is 0 Å². The van der Waals surface area contributed by atoms with Gasteiger partial charge in [0.05, 0.1) is 36.9 Å². The molecule has 0 aliphatic heterocycles. The number of fused-ring (bicyclic) bond motifs is 1. The second kappa shape index (κ2) is 6.39. The molecule has 1 aromatic heterocycles. The maximum Gasteiger partial charge on any atom is 0.335 e. The molecule has 0 fully saturated rings. The summed E-state index contributed by atoms with van der Waals surface area (Å²) in [5, 5.41) is 19.0. The van der Waals surface area contributed by atoms with Crippen LogP contribution in [0.15, 0.2) is 41.3 Å². The van der Waals surface area contributed by atoms with Crippen LogP contribution in [-0.2, 0) is 10.0 Å². The second-order valence-electron chi connectivity index (χ2n) is 5.38. The number of carbonyl (C=O) groups is 2. The molecule has 0 amide bonds. The van der Waals surface area contributed by atoms with Gasteiger partial charge in [-0.1, -0.05) is 0 Å². The topological polar surface area (TPSA) is 134 Å². The van der Waals surface area contributed by atoms with E-state index in [-0.39, 0.29) is 5.69 Å². The van der Waals surface area contributed by atoms with Gasteiger partial charge in [-0.25, -0.2) is 23.0 Å². The zero-order chi connectivity index (χ0) is 19.1. The largest absolute Gasteiger partial charge is 0.478 e. The van der Waals surface area contributed by atoms with Crippen molar-refractivity contribution >= 4 is 49.2 Å². The first-order valence-electron chi connectivity index (χ1n) is 7.17. The first-order chi connectivity index (χ1) is 12.2. The molecule has 8 nitrogen and oxygen atoms in total. The summed E-state index contributed by atoms with van der Waals surface area (Å²) in [7, 11) is -4.18. The van der Waals surface area contributed by atoms with Crippen LogP contribution >= 0.6 is 11.3 Å². The van der Waals surface area contributed by atoms with Crippen molar-refractivity contribution < 1.29 is 28.2 Å². The molecule has 0 unspecified atom stereocenters. The van der Waals surface area contributed by atoms with E-state index in [0.717, 1.165) is 33.4 Å². The number of benzene rings is 2. The number of aryl methyl sites for hydroxylation is 1. The van der Waals surface area contributed by atoms with Gasteiger partial charge in [-0.15, -0.1) is 11.3 Å². The molecule has 134 valence electrons. The summed E-state index contributed by atoms with van der Waals surface area (Å²) >= 11 is 1.40. The fourth-order valence-electron chi connectivity index (χ4n) is 2.32. The minimum Gasteiger partial charge on any atom is -0.478 e. The van der Waals surface area contributed by atoms with Crippen LogP contribution in [0.25, 0.3) is 10.2 Å². The molecule has 0 atom stereocenters. The number of aromatic nitrogens is 1. The van der Waals surface area contributed by atoms with Crippen molar-refractivity contribution in [3.63, 3.8) is 0 Å². The maximum atomic E-state index is 12.6. The molecule has 10 heteroatoms. The number of rotatable bonds is 5. The highest BCUT2D eigenvalue weighted by Crippen LogP contribution is 2.26. The minimum atomic E-state index is -4.18. The third-order valence-electron chi connectivity index (χ3n) is 3.46. The Kier molecular flexibility index (Phi) is 4.38. The summed E-state index contributed by atoms with van der Waals surface area (Å²) in [5.74, 6) is -2.85. The summed E-state index contributed by atoms with van der Waals surface area (Å²) in [6.07, 6.45) is 0. The number of nitrogens with zero attached hydrogens (tertiary/aromatic N) is 1. The van der Waals surface area contributed by atoms with E-state index in [9.17, 15) is 18.0 Å². The molecule has 0 aliphatic carbocycles. The van der Waals surface area contributed by atoms with E-state index in [1.165, 1.54) is 17.4 Å². The number of thiazole rings is 1. The normalized spacial score (nSPS) is 11.4. The Morgan fingerprint density at radius 2 is 1.65 bits per heavy atom. The average molecular weight is 392 g/mol. The van der Waals surface area contributed by atoms with E-state index in [2.05, 4.69) is 9.71 Å². The lowest BCUT2D eigenvalue weighted by Crippen LogP contribution is -2.15. The molecule has 26 heavy (non-hydrogen) atoms. The molecule has 0 saturated carbocycles. The first-order valence-corrected chi connectivity index (χ1v) is 9.47. The fraction of sp³-hybridized carbons (Fsp3) is 0.0625. The number of carboxylic acid groups (broad SMARTS) is 2. The van der Waals surface area contributed by atoms with Gasteiger partial charge in [-0.05, 0) is 43.3 Å². The number of hydrogen-bond donors (Lipinski definition) is 3. The number of aromatic carboxylic acids is 2. The summed E-state index contributed by atoms with van der Waals surface area (Å²) in [5.41, 5.74) is 0.132. The van der Waals surface area contributed by atoms with Gasteiger partial charge in [0.1, 0.15) is 0 Å². The Morgan fingerprint density at radius 1 is 1.04 bits per heavy atom. The molecule has 3 rings (SSSR count). The summed E-state index contributed by atoms with van der Waals surface area (Å²) in [4.78, 5) is 26.1. The highest BCUT2D eigenvalue weighted by Gasteiger charge is 2.20. The van der Waals surface area contributed by atoms with E-state index in [1.54, 1.807) is 12.1 Å². The molecule has 0 saturated heterocycles. The number of anilines is 1. The van der Waals surface area contributed by atoms with E-state index in [0.29, 0.717) is 0 Å². The molecule has 1 heterocycles. The first kappa shape index (κ1) is 17.8. The molecule has 0 bridgehead atoms. The number of sulfonamides is 1. The minimum absolute atomic E-state index is 0.263. The van der Waals surface area contributed by atoms with Crippen molar-refractivity contribution in [2.24, 2.45) is 0 Å². The Bertz CT molecular complexity index is 1120. The molecule has 0 spiro atoms.